The number of carbonyl (C=O) groups excluding carboxylic acids is 4. The van der Waals surface area contributed by atoms with Gasteiger partial charge in [0.1, 0.15) is 6.61 Å². The minimum absolute atomic E-state index is 0.0103. The average Bonchev–Trinajstić information content (AvgIpc) is 3.06. The molecular formula is C37H34F3NO7. The third-order valence-corrected chi connectivity index (χ3v) is 7.55. The molecule has 11 heteroatoms. The van der Waals surface area contributed by atoms with Crippen LogP contribution in [0.2, 0.25) is 0 Å². The van der Waals surface area contributed by atoms with E-state index in [-0.39, 0.29) is 30.8 Å². The predicted octanol–water partition coefficient (Wildman–Crippen LogP) is 7.08. The number of esters is 3. The van der Waals surface area contributed by atoms with E-state index in [9.17, 15) is 32.3 Å². The third-order valence-electron chi connectivity index (χ3n) is 7.55. The summed E-state index contributed by atoms with van der Waals surface area (Å²) in [6.45, 7) is 4.26. The van der Waals surface area contributed by atoms with Crippen molar-refractivity contribution in [3.8, 4) is 11.1 Å². The third kappa shape index (κ3) is 8.09. The fourth-order valence-electron chi connectivity index (χ4n) is 5.10. The van der Waals surface area contributed by atoms with Crippen LogP contribution in [-0.4, -0.2) is 43.6 Å². The molecule has 0 unspecified atom stereocenters. The van der Waals surface area contributed by atoms with Crippen LogP contribution in [0.4, 0.5) is 18.9 Å². The number of hydrogen-bond donors (Lipinski definition) is 1. The topological polar surface area (TPSA) is 108 Å². The lowest BCUT2D eigenvalue weighted by atomic mass is 9.81. The van der Waals surface area contributed by atoms with Crippen LogP contribution in [0.15, 0.2) is 97.1 Å². The monoisotopic (exact) mass is 661 g/mol. The van der Waals surface area contributed by atoms with Gasteiger partial charge in [0.2, 0.25) is 5.41 Å². The van der Waals surface area contributed by atoms with Crippen molar-refractivity contribution >= 4 is 29.5 Å². The number of halogens is 3. The highest BCUT2D eigenvalue weighted by molar-refractivity contribution is 6.09. The van der Waals surface area contributed by atoms with E-state index < -0.39 is 47.6 Å². The summed E-state index contributed by atoms with van der Waals surface area (Å²) in [7, 11) is 0. The highest BCUT2D eigenvalue weighted by Gasteiger charge is 2.52. The number of rotatable bonds is 12. The van der Waals surface area contributed by atoms with E-state index in [0.717, 1.165) is 12.1 Å². The molecule has 0 aliphatic heterocycles. The molecule has 0 saturated heterocycles. The van der Waals surface area contributed by atoms with E-state index in [1.807, 2.05) is 0 Å². The maximum absolute atomic E-state index is 13.3. The number of amides is 1. The van der Waals surface area contributed by atoms with Gasteiger partial charge in [-0.05, 0) is 72.9 Å². The minimum Gasteiger partial charge on any atom is -0.465 e. The summed E-state index contributed by atoms with van der Waals surface area (Å²) in [4.78, 5) is 52.7. The van der Waals surface area contributed by atoms with Gasteiger partial charge in [-0.15, -0.1) is 0 Å². The van der Waals surface area contributed by atoms with Crippen molar-refractivity contribution in [1.82, 2.24) is 0 Å². The molecule has 0 fully saturated rings. The summed E-state index contributed by atoms with van der Waals surface area (Å²) in [6.07, 6.45) is -4.68. The van der Waals surface area contributed by atoms with E-state index in [0.29, 0.717) is 27.9 Å². The maximum atomic E-state index is 13.3. The zero-order valence-electron chi connectivity index (χ0n) is 26.6. The van der Waals surface area contributed by atoms with E-state index in [1.165, 1.54) is 12.1 Å². The van der Waals surface area contributed by atoms with Gasteiger partial charge in [-0.1, -0.05) is 72.8 Å². The van der Waals surface area contributed by atoms with E-state index >= 15 is 0 Å². The highest BCUT2D eigenvalue weighted by atomic mass is 19.4. The molecular weight excluding hydrogens is 627 g/mol. The molecule has 0 saturated carbocycles. The second-order valence-corrected chi connectivity index (χ2v) is 10.8. The zero-order valence-corrected chi connectivity index (χ0v) is 26.6. The standard InChI is InChI=1S/C37H34F3NO7/c1-4-46-34(44)36(35(45)47-5-2,27-11-7-6-8-12-27)23-48-32(42)22-25-15-20-31(24(3)21-25)41-33(43)30-14-10-9-13-29(30)26-16-18-28(19-17-26)37(38,39)40/h6-21H,4-5,22-23H2,1-3H3,(H,41,43). The van der Waals surface area contributed by atoms with Gasteiger partial charge < -0.3 is 19.5 Å². The van der Waals surface area contributed by atoms with Crippen LogP contribution < -0.4 is 5.32 Å². The quantitative estimate of drug-likeness (QED) is 0.0982. The molecule has 250 valence electrons. The minimum atomic E-state index is -4.48. The van der Waals surface area contributed by atoms with Crippen molar-refractivity contribution in [2.45, 2.75) is 38.8 Å². The number of ether oxygens (including phenoxy) is 3. The van der Waals surface area contributed by atoms with Gasteiger partial charge in [-0.2, -0.15) is 13.2 Å². The van der Waals surface area contributed by atoms with E-state index in [2.05, 4.69) is 5.32 Å². The Hall–Kier alpha value is -5.45. The van der Waals surface area contributed by atoms with Gasteiger partial charge in [0.05, 0.1) is 25.2 Å². The molecule has 4 aromatic rings. The van der Waals surface area contributed by atoms with Crippen molar-refractivity contribution in [3.05, 3.63) is 125 Å². The summed E-state index contributed by atoms with van der Waals surface area (Å²) in [6, 6.07) is 24.1. The first kappa shape index (κ1) is 35.4. The van der Waals surface area contributed by atoms with Gasteiger partial charge in [0, 0.05) is 11.3 Å². The van der Waals surface area contributed by atoms with Crippen LogP contribution in [0, 0.1) is 6.92 Å². The summed E-state index contributed by atoms with van der Waals surface area (Å²) in [5, 5.41) is 2.83. The summed E-state index contributed by atoms with van der Waals surface area (Å²) >= 11 is 0. The fraction of sp³-hybridized carbons (Fsp3) is 0.243. The Morgan fingerprint density at radius 1 is 0.708 bits per heavy atom. The van der Waals surface area contributed by atoms with Gasteiger partial charge >= 0.3 is 24.1 Å². The Morgan fingerprint density at radius 2 is 1.31 bits per heavy atom. The molecule has 0 spiro atoms. The Bertz CT molecular complexity index is 1750. The van der Waals surface area contributed by atoms with Crippen LogP contribution >= 0.6 is 0 Å². The molecule has 4 rings (SSSR count). The molecule has 0 aromatic heterocycles. The normalized spacial score (nSPS) is 11.4. The van der Waals surface area contributed by atoms with Gasteiger partial charge in [-0.3, -0.25) is 19.2 Å². The van der Waals surface area contributed by atoms with Crippen molar-refractivity contribution in [1.29, 1.82) is 0 Å². The lowest BCUT2D eigenvalue weighted by Crippen LogP contribution is -2.50. The Kier molecular flexibility index (Phi) is 11.4. The van der Waals surface area contributed by atoms with Gasteiger partial charge in [-0.25, -0.2) is 0 Å². The first-order chi connectivity index (χ1) is 22.9. The summed E-state index contributed by atoms with van der Waals surface area (Å²) < 4.78 is 55.1. The SMILES string of the molecule is CCOC(=O)C(COC(=O)Cc1ccc(NC(=O)c2ccccc2-c2ccc(C(F)(F)F)cc2)c(C)c1)(C(=O)OCC)c1ccccc1. The van der Waals surface area contributed by atoms with E-state index in [4.69, 9.17) is 14.2 Å². The van der Waals surface area contributed by atoms with Crippen molar-refractivity contribution in [2.24, 2.45) is 0 Å². The Balaban J connectivity index is 1.48. The number of nitrogens with one attached hydrogen (secondary N) is 1. The molecule has 0 radical (unpaired) electrons. The molecule has 0 bridgehead atoms. The molecule has 0 atom stereocenters. The predicted molar refractivity (Wildman–Crippen MR) is 172 cm³/mol. The number of alkyl halides is 3. The molecule has 1 N–H and O–H groups in total. The molecule has 1 amide bonds. The fourth-order valence-corrected chi connectivity index (χ4v) is 5.10. The van der Waals surface area contributed by atoms with Crippen LogP contribution in [0.5, 0.6) is 0 Å². The second-order valence-electron chi connectivity index (χ2n) is 10.8. The van der Waals surface area contributed by atoms with Crippen molar-refractivity contribution in [2.75, 3.05) is 25.1 Å². The summed E-state index contributed by atoms with van der Waals surface area (Å²) in [5.41, 5.74) is 0.215. The first-order valence-corrected chi connectivity index (χ1v) is 15.1. The zero-order chi connectivity index (χ0) is 34.9. The number of carbonyl (C=O) groups is 4. The molecule has 0 heterocycles. The smallest absolute Gasteiger partial charge is 0.416 e. The maximum Gasteiger partial charge on any atom is 0.416 e. The Labute approximate surface area is 275 Å². The van der Waals surface area contributed by atoms with Crippen LogP contribution in [0.3, 0.4) is 0 Å². The number of anilines is 1. The molecule has 4 aromatic carbocycles. The number of hydrogen-bond acceptors (Lipinski definition) is 7. The van der Waals surface area contributed by atoms with Crippen molar-refractivity contribution < 1.29 is 46.6 Å². The van der Waals surface area contributed by atoms with E-state index in [1.54, 1.807) is 93.6 Å². The largest absolute Gasteiger partial charge is 0.465 e. The lowest BCUT2D eigenvalue weighted by Gasteiger charge is -2.29. The van der Waals surface area contributed by atoms with Crippen LogP contribution in [0.1, 0.15) is 46.5 Å². The highest BCUT2D eigenvalue weighted by Crippen LogP contribution is 2.33. The van der Waals surface area contributed by atoms with Gasteiger partial charge in [0.25, 0.3) is 5.91 Å². The second kappa shape index (κ2) is 15.4. The molecule has 0 aliphatic rings. The molecule has 8 nitrogen and oxygen atoms in total. The summed E-state index contributed by atoms with van der Waals surface area (Å²) in [5.74, 6) is -3.00. The Morgan fingerprint density at radius 3 is 1.90 bits per heavy atom. The lowest BCUT2D eigenvalue weighted by molar-refractivity contribution is -0.170. The number of aryl methyl sites for hydroxylation is 1. The van der Waals surface area contributed by atoms with Gasteiger partial charge in [0.15, 0.2) is 0 Å². The molecule has 0 aliphatic carbocycles. The molecule has 48 heavy (non-hydrogen) atoms. The van der Waals surface area contributed by atoms with Crippen LogP contribution in [-0.2, 0) is 46.6 Å². The first-order valence-electron chi connectivity index (χ1n) is 15.1. The van der Waals surface area contributed by atoms with Crippen molar-refractivity contribution in [3.63, 3.8) is 0 Å². The van der Waals surface area contributed by atoms with Crippen LogP contribution in [0.25, 0.3) is 11.1 Å². The average molecular weight is 662 g/mol. The number of benzene rings is 4.